The highest BCUT2D eigenvalue weighted by atomic mass is 16.5. The molecule has 0 amide bonds. The van der Waals surface area contributed by atoms with Crippen LogP contribution >= 0.6 is 0 Å². The summed E-state index contributed by atoms with van der Waals surface area (Å²) in [5.41, 5.74) is -0.319. The van der Waals surface area contributed by atoms with Gasteiger partial charge in [-0.25, -0.2) is 0 Å². The number of carbonyl (C=O) groups is 1. The molecular formula is C26H42N4O3. The van der Waals surface area contributed by atoms with Crippen LogP contribution in [-0.4, -0.2) is 49.9 Å². The molecule has 9 atom stereocenters. The first-order valence-corrected chi connectivity index (χ1v) is 13.1. The van der Waals surface area contributed by atoms with E-state index in [1.165, 1.54) is 24.1 Å². The maximum absolute atomic E-state index is 13.4. The van der Waals surface area contributed by atoms with Gasteiger partial charge in [-0.3, -0.25) is 4.79 Å². The molecule has 4 fully saturated rings. The zero-order chi connectivity index (χ0) is 23.6. The van der Waals surface area contributed by atoms with Crippen molar-refractivity contribution in [1.82, 2.24) is 20.2 Å². The summed E-state index contributed by atoms with van der Waals surface area (Å²) in [5.74, 6) is 3.40. The van der Waals surface area contributed by atoms with E-state index in [-0.39, 0.29) is 35.2 Å². The Bertz CT molecular complexity index is 900. The van der Waals surface area contributed by atoms with Gasteiger partial charge in [0.05, 0.1) is 11.7 Å². The zero-order valence-corrected chi connectivity index (χ0v) is 21.1. The second-order valence-corrected chi connectivity index (χ2v) is 12.4. The molecule has 4 aliphatic rings. The maximum Gasteiger partial charge on any atom is 0.171 e. The van der Waals surface area contributed by atoms with Crippen LogP contribution in [0.5, 0.6) is 0 Å². The van der Waals surface area contributed by atoms with Crippen LogP contribution in [0.3, 0.4) is 0 Å². The molecule has 0 saturated heterocycles. The lowest BCUT2D eigenvalue weighted by atomic mass is 9.42. The van der Waals surface area contributed by atoms with Crippen LogP contribution in [0.2, 0.25) is 0 Å². The summed E-state index contributed by atoms with van der Waals surface area (Å²) in [6.07, 6.45) is 9.87. The van der Waals surface area contributed by atoms with Gasteiger partial charge in [0.2, 0.25) is 0 Å². The first-order valence-electron chi connectivity index (χ1n) is 13.1. The zero-order valence-electron chi connectivity index (χ0n) is 21.1. The van der Waals surface area contributed by atoms with Crippen LogP contribution in [0.1, 0.15) is 84.4 Å². The number of fused-ring (bicyclic) bond motifs is 5. The highest BCUT2D eigenvalue weighted by Gasteiger charge is 2.64. The predicted molar refractivity (Wildman–Crippen MR) is 124 cm³/mol. The molecule has 0 spiro atoms. The molecule has 0 aliphatic heterocycles. The van der Waals surface area contributed by atoms with Crippen LogP contribution in [0.15, 0.2) is 0 Å². The molecule has 1 N–H and O–H groups in total. The summed E-state index contributed by atoms with van der Waals surface area (Å²) in [5, 5.41) is 23.1. The van der Waals surface area contributed by atoms with Gasteiger partial charge < -0.3 is 9.84 Å². The van der Waals surface area contributed by atoms with Gasteiger partial charge in [-0.15, -0.1) is 10.2 Å². The van der Waals surface area contributed by atoms with Crippen molar-refractivity contribution in [2.45, 2.75) is 104 Å². The number of nitrogens with zero attached hydrogens (tertiary/aromatic N) is 4. The van der Waals surface area contributed by atoms with Gasteiger partial charge in [-0.05, 0) is 113 Å². The average molecular weight is 459 g/mol. The fourth-order valence-corrected chi connectivity index (χ4v) is 9.35. The number of tetrazole rings is 1. The third kappa shape index (κ3) is 3.60. The monoisotopic (exact) mass is 458 g/mol. The lowest BCUT2D eigenvalue weighted by Gasteiger charge is -2.64. The fourth-order valence-electron chi connectivity index (χ4n) is 9.35. The Kier molecular flexibility index (Phi) is 5.75. The molecule has 4 aliphatic carbocycles. The SMILES string of the molecule is CO[C@H](C)[C@]12CC[C@@](C)(O)C[C@H]1CC[C@H]1[C@@H]3CC[C@H](C(=O)Cn4nnc(C)n4)[C@@]3(C)CC[C@@H]12. The van der Waals surface area contributed by atoms with Crippen molar-refractivity contribution in [3.8, 4) is 0 Å². The van der Waals surface area contributed by atoms with Crippen molar-refractivity contribution in [1.29, 1.82) is 0 Å². The minimum atomic E-state index is -0.545. The highest BCUT2D eigenvalue weighted by Crippen LogP contribution is 2.69. The van der Waals surface area contributed by atoms with E-state index >= 15 is 0 Å². The Hall–Kier alpha value is -1.34. The molecular weight excluding hydrogens is 416 g/mol. The van der Waals surface area contributed by atoms with Crippen molar-refractivity contribution in [2.75, 3.05) is 7.11 Å². The number of hydrogen-bond acceptors (Lipinski definition) is 6. The number of methoxy groups -OCH3 is 1. The smallest absolute Gasteiger partial charge is 0.171 e. The number of aryl methyl sites for hydroxylation is 1. The Morgan fingerprint density at radius 1 is 1.15 bits per heavy atom. The lowest BCUT2D eigenvalue weighted by Crippen LogP contribution is -2.60. The van der Waals surface area contributed by atoms with Gasteiger partial charge in [0.25, 0.3) is 0 Å². The summed E-state index contributed by atoms with van der Waals surface area (Å²) < 4.78 is 6.07. The third-order valence-corrected chi connectivity index (χ3v) is 10.9. The van der Waals surface area contributed by atoms with E-state index in [9.17, 15) is 9.90 Å². The van der Waals surface area contributed by atoms with E-state index in [0.29, 0.717) is 29.5 Å². The molecule has 33 heavy (non-hydrogen) atoms. The number of Topliss-reactive ketones (excluding diaryl/α,β-unsaturated/α-hetero) is 1. The molecule has 0 aromatic carbocycles. The number of hydrogen-bond donors (Lipinski definition) is 1. The molecule has 5 rings (SSSR count). The molecule has 1 aromatic rings. The summed E-state index contributed by atoms with van der Waals surface area (Å²) in [6.45, 7) is 8.74. The van der Waals surface area contributed by atoms with Crippen LogP contribution in [-0.2, 0) is 16.1 Å². The van der Waals surface area contributed by atoms with Gasteiger partial charge in [0.15, 0.2) is 11.6 Å². The summed E-state index contributed by atoms with van der Waals surface area (Å²) in [7, 11) is 1.87. The third-order valence-electron chi connectivity index (χ3n) is 10.9. The van der Waals surface area contributed by atoms with Crippen molar-refractivity contribution in [2.24, 2.45) is 40.4 Å². The quantitative estimate of drug-likeness (QED) is 0.718. The van der Waals surface area contributed by atoms with Gasteiger partial charge in [0.1, 0.15) is 6.54 Å². The van der Waals surface area contributed by atoms with E-state index in [0.717, 1.165) is 38.5 Å². The molecule has 184 valence electrons. The second-order valence-electron chi connectivity index (χ2n) is 12.4. The van der Waals surface area contributed by atoms with E-state index in [2.05, 4.69) is 29.3 Å². The standard InChI is InChI=1S/C26H42N4O3/c1-16(33-5)26-13-12-24(3,32)14-18(26)6-7-19-20-8-9-22(25(20,4)11-10-21(19)26)23(31)15-30-28-17(2)27-29-30/h16,18-22,32H,6-15H2,1-5H3/t16-,18-,19+,20+,21+,22-,24-,25+,26-/m1/s1. The van der Waals surface area contributed by atoms with E-state index in [1.807, 2.05) is 14.0 Å². The number of aliphatic hydroxyl groups is 1. The largest absolute Gasteiger partial charge is 0.390 e. The van der Waals surface area contributed by atoms with Crippen molar-refractivity contribution >= 4 is 5.78 Å². The van der Waals surface area contributed by atoms with Crippen molar-refractivity contribution in [3.63, 3.8) is 0 Å². The van der Waals surface area contributed by atoms with Gasteiger partial charge in [0, 0.05) is 18.4 Å². The summed E-state index contributed by atoms with van der Waals surface area (Å²) in [4.78, 5) is 14.9. The molecule has 7 nitrogen and oxygen atoms in total. The van der Waals surface area contributed by atoms with Crippen molar-refractivity contribution < 1.29 is 14.6 Å². The average Bonchev–Trinajstić information content (AvgIpc) is 3.34. The normalized spacial score (nSPS) is 45.7. The summed E-state index contributed by atoms with van der Waals surface area (Å²) in [6, 6.07) is 0. The Labute approximate surface area is 198 Å². The van der Waals surface area contributed by atoms with Crippen LogP contribution < -0.4 is 0 Å². The van der Waals surface area contributed by atoms with E-state index < -0.39 is 5.60 Å². The summed E-state index contributed by atoms with van der Waals surface area (Å²) >= 11 is 0. The fraction of sp³-hybridized carbons (Fsp3) is 0.923. The molecule has 7 heteroatoms. The number of aromatic nitrogens is 4. The first kappa shape index (κ1) is 23.4. The molecule has 0 bridgehead atoms. The van der Waals surface area contributed by atoms with E-state index in [4.69, 9.17) is 4.74 Å². The predicted octanol–water partition coefficient (Wildman–Crippen LogP) is 3.98. The number of ether oxygens (including phenoxy) is 1. The Balaban J connectivity index is 1.40. The van der Waals surface area contributed by atoms with Gasteiger partial charge in [-0.1, -0.05) is 6.92 Å². The number of ketones is 1. The second kappa shape index (κ2) is 8.11. The lowest BCUT2D eigenvalue weighted by molar-refractivity contribution is -0.199. The molecule has 0 unspecified atom stereocenters. The highest BCUT2D eigenvalue weighted by molar-refractivity contribution is 5.82. The molecule has 1 aromatic heterocycles. The number of carbonyl (C=O) groups excluding carboxylic acids is 1. The van der Waals surface area contributed by atoms with Crippen LogP contribution in [0, 0.1) is 47.3 Å². The van der Waals surface area contributed by atoms with Crippen molar-refractivity contribution in [3.05, 3.63) is 5.82 Å². The van der Waals surface area contributed by atoms with Crippen LogP contribution in [0.4, 0.5) is 0 Å². The minimum Gasteiger partial charge on any atom is -0.390 e. The first-order chi connectivity index (χ1) is 15.6. The maximum atomic E-state index is 13.4. The Morgan fingerprint density at radius 2 is 1.94 bits per heavy atom. The molecule has 1 heterocycles. The van der Waals surface area contributed by atoms with Gasteiger partial charge >= 0.3 is 0 Å². The number of rotatable bonds is 5. The minimum absolute atomic E-state index is 0.0678. The van der Waals surface area contributed by atoms with Gasteiger partial charge in [-0.2, -0.15) is 4.80 Å². The topological polar surface area (TPSA) is 90.1 Å². The van der Waals surface area contributed by atoms with Crippen LogP contribution in [0.25, 0.3) is 0 Å². The molecule has 0 radical (unpaired) electrons. The molecule has 4 saturated carbocycles. The Morgan fingerprint density at radius 3 is 2.64 bits per heavy atom. The van der Waals surface area contributed by atoms with E-state index in [1.54, 1.807) is 6.92 Å².